The van der Waals surface area contributed by atoms with Crippen LogP contribution in [0.25, 0.3) is 10.9 Å². The number of nitrogens with one attached hydrogen (secondary N) is 1. The van der Waals surface area contributed by atoms with Crippen molar-refractivity contribution in [3.63, 3.8) is 0 Å². The zero-order chi connectivity index (χ0) is 25.2. The standard InChI is InChI=1S/C24H20F3N5O2S/c1-14(16-4-6-30-21(9-16)24(25,26)27)15-2-3-20-19(8-15)18(5-7-29-20)23(34)31-11-22(33)32-13-35-12-17(32)10-28/h2-9,14,17H,11-13H2,1H3,(H,31,34). The normalized spacial score (nSPS) is 16.7. The molecule has 3 heterocycles. The van der Waals surface area contributed by atoms with Crippen LogP contribution in [0, 0.1) is 11.3 Å². The number of carbonyl (C=O) groups is 2. The summed E-state index contributed by atoms with van der Waals surface area (Å²) in [5, 5.41) is 12.3. The Labute approximate surface area is 203 Å². The van der Waals surface area contributed by atoms with E-state index < -0.39 is 29.7 Å². The number of benzene rings is 1. The van der Waals surface area contributed by atoms with E-state index in [-0.39, 0.29) is 18.0 Å². The molecule has 180 valence electrons. The van der Waals surface area contributed by atoms with E-state index in [1.54, 1.807) is 25.1 Å². The third-order valence-corrected chi connectivity index (χ3v) is 6.85. The van der Waals surface area contributed by atoms with Gasteiger partial charge < -0.3 is 10.2 Å². The molecular weight excluding hydrogens is 479 g/mol. The topological polar surface area (TPSA) is 99.0 Å². The second-order valence-electron chi connectivity index (χ2n) is 8.02. The van der Waals surface area contributed by atoms with Crippen molar-refractivity contribution in [1.29, 1.82) is 5.26 Å². The largest absolute Gasteiger partial charge is 0.433 e. The van der Waals surface area contributed by atoms with Gasteiger partial charge in [-0.2, -0.15) is 18.4 Å². The molecule has 0 aliphatic carbocycles. The van der Waals surface area contributed by atoms with Gasteiger partial charge in [-0.15, -0.1) is 11.8 Å². The number of nitriles is 1. The van der Waals surface area contributed by atoms with Crippen LogP contribution in [0.5, 0.6) is 0 Å². The molecule has 0 spiro atoms. The molecule has 0 bridgehead atoms. The molecule has 1 aliphatic heterocycles. The highest BCUT2D eigenvalue weighted by molar-refractivity contribution is 7.99. The van der Waals surface area contributed by atoms with Crippen molar-refractivity contribution in [2.75, 3.05) is 18.2 Å². The van der Waals surface area contributed by atoms with E-state index in [2.05, 4.69) is 21.4 Å². The lowest BCUT2D eigenvalue weighted by atomic mass is 9.91. The highest BCUT2D eigenvalue weighted by atomic mass is 32.2. The van der Waals surface area contributed by atoms with Crippen molar-refractivity contribution in [3.8, 4) is 6.07 Å². The van der Waals surface area contributed by atoms with Gasteiger partial charge in [-0.05, 0) is 41.5 Å². The molecule has 2 amide bonds. The number of nitrogens with zero attached hydrogens (tertiary/aromatic N) is 4. The summed E-state index contributed by atoms with van der Waals surface area (Å²) in [7, 11) is 0. The fourth-order valence-corrected chi connectivity index (χ4v) is 4.95. The number of pyridine rings is 2. The molecule has 1 aromatic carbocycles. The zero-order valence-electron chi connectivity index (χ0n) is 18.5. The first-order valence-corrected chi connectivity index (χ1v) is 11.8. The fourth-order valence-electron chi connectivity index (χ4n) is 3.84. The average molecular weight is 500 g/mol. The Hall–Kier alpha value is -3.65. The summed E-state index contributed by atoms with van der Waals surface area (Å²) in [5.41, 5.74) is 0.981. The molecule has 11 heteroatoms. The lowest BCUT2D eigenvalue weighted by molar-refractivity contribution is -0.141. The molecule has 35 heavy (non-hydrogen) atoms. The van der Waals surface area contributed by atoms with Crippen LogP contribution in [0.1, 0.15) is 40.0 Å². The summed E-state index contributed by atoms with van der Waals surface area (Å²) in [6, 6.07) is 10.8. The minimum atomic E-state index is -4.55. The predicted octanol–water partition coefficient (Wildman–Crippen LogP) is 3.96. The molecule has 4 rings (SSSR count). The summed E-state index contributed by atoms with van der Waals surface area (Å²) in [6.45, 7) is 1.51. The number of hydrogen-bond acceptors (Lipinski definition) is 6. The quantitative estimate of drug-likeness (QED) is 0.571. The number of carbonyl (C=O) groups excluding carboxylic acids is 2. The molecular formula is C24H20F3N5O2S. The lowest BCUT2D eigenvalue weighted by Crippen LogP contribution is -2.42. The predicted molar refractivity (Wildman–Crippen MR) is 124 cm³/mol. The summed E-state index contributed by atoms with van der Waals surface area (Å²) in [4.78, 5) is 34.5. The van der Waals surface area contributed by atoms with Crippen LogP contribution in [0.4, 0.5) is 13.2 Å². The molecule has 7 nitrogen and oxygen atoms in total. The first-order chi connectivity index (χ1) is 16.7. The van der Waals surface area contributed by atoms with Crippen LogP contribution < -0.4 is 5.32 Å². The van der Waals surface area contributed by atoms with Gasteiger partial charge in [-0.1, -0.05) is 13.0 Å². The smallest absolute Gasteiger partial charge is 0.343 e. The van der Waals surface area contributed by atoms with Crippen LogP contribution in [0.2, 0.25) is 0 Å². The molecule has 1 saturated heterocycles. The molecule has 0 radical (unpaired) electrons. The Bertz CT molecular complexity index is 1320. The van der Waals surface area contributed by atoms with Gasteiger partial charge in [-0.25, -0.2) is 0 Å². The van der Waals surface area contributed by atoms with Gasteiger partial charge in [0.2, 0.25) is 5.91 Å². The van der Waals surface area contributed by atoms with Crippen molar-refractivity contribution in [2.24, 2.45) is 0 Å². The van der Waals surface area contributed by atoms with Crippen LogP contribution in [-0.4, -0.2) is 50.9 Å². The monoisotopic (exact) mass is 499 g/mol. The highest BCUT2D eigenvalue weighted by Gasteiger charge is 2.33. The van der Waals surface area contributed by atoms with Crippen LogP contribution in [0.3, 0.4) is 0 Å². The van der Waals surface area contributed by atoms with E-state index in [0.717, 1.165) is 12.3 Å². The van der Waals surface area contributed by atoms with Gasteiger partial charge in [0, 0.05) is 29.5 Å². The molecule has 2 unspecified atom stereocenters. The molecule has 1 aliphatic rings. The van der Waals surface area contributed by atoms with E-state index in [1.165, 1.54) is 35.0 Å². The van der Waals surface area contributed by atoms with Gasteiger partial charge in [0.25, 0.3) is 5.91 Å². The van der Waals surface area contributed by atoms with Gasteiger partial charge in [0.15, 0.2) is 0 Å². The van der Waals surface area contributed by atoms with Gasteiger partial charge in [0.05, 0.1) is 29.6 Å². The second kappa shape index (κ2) is 9.92. The van der Waals surface area contributed by atoms with E-state index >= 15 is 0 Å². The van der Waals surface area contributed by atoms with E-state index in [9.17, 15) is 22.8 Å². The van der Waals surface area contributed by atoms with Crippen molar-refractivity contribution < 1.29 is 22.8 Å². The van der Waals surface area contributed by atoms with E-state index in [0.29, 0.717) is 33.7 Å². The van der Waals surface area contributed by atoms with Gasteiger partial charge >= 0.3 is 6.18 Å². The summed E-state index contributed by atoms with van der Waals surface area (Å²) < 4.78 is 39.3. The number of alkyl halides is 3. The maximum atomic E-state index is 13.1. The average Bonchev–Trinajstić information content (AvgIpc) is 3.34. The fraction of sp³-hybridized carbons (Fsp3) is 0.292. The summed E-state index contributed by atoms with van der Waals surface area (Å²) >= 11 is 1.48. The summed E-state index contributed by atoms with van der Waals surface area (Å²) in [5.74, 6) is -0.303. The first kappa shape index (κ1) is 24.5. The molecule has 0 saturated carbocycles. The SMILES string of the molecule is CC(c1ccnc(C(F)(F)F)c1)c1ccc2nccc(C(=O)NCC(=O)N3CSCC3C#N)c2c1. The Morgan fingerprint density at radius 1 is 1.20 bits per heavy atom. The van der Waals surface area contributed by atoms with Crippen molar-refractivity contribution in [1.82, 2.24) is 20.2 Å². The third-order valence-electron chi connectivity index (χ3n) is 5.84. The molecule has 1 N–H and O–H groups in total. The van der Waals surface area contributed by atoms with Crippen molar-refractivity contribution in [3.05, 3.63) is 71.2 Å². The summed E-state index contributed by atoms with van der Waals surface area (Å²) in [6.07, 6.45) is -1.95. The lowest BCUT2D eigenvalue weighted by Gasteiger charge is -2.19. The van der Waals surface area contributed by atoms with E-state index in [1.807, 2.05) is 0 Å². The number of aromatic nitrogens is 2. The Kier molecular flexibility index (Phi) is 6.93. The first-order valence-electron chi connectivity index (χ1n) is 10.7. The van der Waals surface area contributed by atoms with Crippen LogP contribution >= 0.6 is 11.8 Å². The molecule has 1 fully saturated rings. The maximum Gasteiger partial charge on any atom is 0.433 e. The molecule has 2 aromatic heterocycles. The number of hydrogen-bond donors (Lipinski definition) is 1. The van der Waals surface area contributed by atoms with Crippen molar-refractivity contribution in [2.45, 2.75) is 25.1 Å². The van der Waals surface area contributed by atoms with Crippen molar-refractivity contribution >= 4 is 34.5 Å². The third kappa shape index (κ3) is 5.22. The Morgan fingerprint density at radius 2 is 1.94 bits per heavy atom. The second-order valence-corrected chi connectivity index (χ2v) is 9.02. The minimum absolute atomic E-state index is 0.255. The number of halogens is 3. The number of amides is 2. The van der Waals surface area contributed by atoms with E-state index in [4.69, 9.17) is 5.26 Å². The number of fused-ring (bicyclic) bond motifs is 1. The minimum Gasteiger partial charge on any atom is -0.343 e. The number of rotatable bonds is 5. The molecule has 2 atom stereocenters. The highest BCUT2D eigenvalue weighted by Crippen LogP contribution is 2.32. The maximum absolute atomic E-state index is 13.1. The Balaban J connectivity index is 1.57. The number of thioether (sulfide) groups is 1. The van der Waals surface area contributed by atoms with Crippen LogP contribution in [0.15, 0.2) is 48.8 Å². The molecule has 3 aromatic rings. The van der Waals surface area contributed by atoms with Crippen LogP contribution in [-0.2, 0) is 11.0 Å². The van der Waals surface area contributed by atoms with Gasteiger partial charge in [-0.3, -0.25) is 19.6 Å². The Morgan fingerprint density at radius 3 is 2.69 bits per heavy atom. The zero-order valence-corrected chi connectivity index (χ0v) is 19.4. The van der Waals surface area contributed by atoms with Gasteiger partial charge in [0.1, 0.15) is 11.7 Å².